The van der Waals surface area contributed by atoms with Crippen LogP contribution in [0.1, 0.15) is 11.1 Å². The second-order valence-corrected chi connectivity index (χ2v) is 5.16. The lowest BCUT2D eigenvalue weighted by molar-refractivity contribution is 0.150. The van der Waals surface area contributed by atoms with Crippen molar-refractivity contribution in [2.75, 3.05) is 13.2 Å². The summed E-state index contributed by atoms with van der Waals surface area (Å²) in [6.07, 6.45) is -0.287. The minimum absolute atomic E-state index is 0.287. The van der Waals surface area contributed by atoms with E-state index in [1.165, 1.54) is 0 Å². The molecule has 0 bridgehead atoms. The smallest absolute Gasteiger partial charge is 0.305 e. The molecule has 1 heterocycles. The lowest BCUT2D eigenvalue weighted by atomic mass is 10.1. The van der Waals surface area contributed by atoms with Crippen molar-refractivity contribution in [3.05, 3.63) is 28.3 Å². The van der Waals surface area contributed by atoms with Crippen LogP contribution >= 0.6 is 11.6 Å². The van der Waals surface area contributed by atoms with Crippen molar-refractivity contribution in [3.63, 3.8) is 0 Å². The maximum atomic E-state index is 10.8. The second-order valence-electron chi connectivity index (χ2n) is 3.89. The fraction of sp³-hybridized carbons (Fsp3) is 0.455. The van der Waals surface area contributed by atoms with E-state index in [1.54, 1.807) is 0 Å². The maximum Gasteiger partial charge on any atom is 0.305 e. The van der Waals surface area contributed by atoms with Crippen molar-refractivity contribution < 1.29 is 17.3 Å². The first-order valence-corrected chi connectivity index (χ1v) is 6.56. The molecule has 4 nitrogen and oxygen atoms in total. The second kappa shape index (κ2) is 5.35. The molecule has 0 N–H and O–H groups in total. The van der Waals surface area contributed by atoms with E-state index in [0.29, 0.717) is 11.6 Å². The van der Waals surface area contributed by atoms with Gasteiger partial charge in [0.25, 0.3) is 0 Å². The third-order valence-electron chi connectivity index (χ3n) is 2.40. The van der Waals surface area contributed by atoms with E-state index in [1.807, 2.05) is 26.0 Å². The van der Waals surface area contributed by atoms with Crippen LogP contribution in [-0.2, 0) is 19.7 Å². The molecule has 0 spiro atoms. The number of hydrogen-bond donors (Lipinski definition) is 0. The molecular weight excluding hydrogens is 264 g/mol. The van der Waals surface area contributed by atoms with Gasteiger partial charge in [-0.1, -0.05) is 11.6 Å². The number of hydrogen-bond acceptors (Lipinski definition) is 4. The number of halogens is 1. The van der Waals surface area contributed by atoms with Gasteiger partial charge >= 0.3 is 11.4 Å². The van der Waals surface area contributed by atoms with Crippen LogP contribution in [-0.4, -0.2) is 23.5 Å². The zero-order valence-electron chi connectivity index (χ0n) is 9.57. The number of aryl methyl sites for hydroxylation is 2. The van der Waals surface area contributed by atoms with Crippen LogP contribution in [0.15, 0.2) is 12.1 Å². The van der Waals surface area contributed by atoms with Gasteiger partial charge in [-0.2, -0.15) is 4.21 Å². The quantitative estimate of drug-likeness (QED) is 0.850. The number of ether oxygens (including phenoxy) is 1. The van der Waals surface area contributed by atoms with E-state index >= 15 is 0 Å². The van der Waals surface area contributed by atoms with Crippen LogP contribution in [0.4, 0.5) is 0 Å². The molecule has 17 heavy (non-hydrogen) atoms. The summed E-state index contributed by atoms with van der Waals surface area (Å²) in [5.74, 6) is 0.788. The topological polar surface area (TPSA) is 44.8 Å². The molecule has 1 fully saturated rings. The summed E-state index contributed by atoms with van der Waals surface area (Å²) >= 11 is 4.30. The van der Waals surface area contributed by atoms with Crippen molar-refractivity contribution in [1.29, 1.82) is 0 Å². The Labute approximate surface area is 108 Å². The molecule has 1 aromatic carbocycles. The predicted octanol–water partition coefficient (Wildman–Crippen LogP) is 2.33. The molecule has 1 aliphatic heterocycles. The summed E-state index contributed by atoms with van der Waals surface area (Å²) in [5, 5.41) is 0.689. The largest absolute Gasteiger partial charge is 0.490 e. The van der Waals surface area contributed by atoms with E-state index in [0.717, 1.165) is 16.9 Å². The SMILES string of the molecule is Cc1cc(Cl)cc(C)c1OC[C@@H]1CO[S@@](=O)O1. The van der Waals surface area contributed by atoms with Crippen molar-refractivity contribution in [2.45, 2.75) is 20.0 Å². The summed E-state index contributed by atoms with van der Waals surface area (Å²) in [4.78, 5) is 0. The lowest BCUT2D eigenvalue weighted by Gasteiger charge is -2.14. The molecule has 94 valence electrons. The molecule has 0 unspecified atom stereocenters. The normalized spacial score (nSPS) is 23.9. The monoisotopic (exact) mass is 276 g/mol. The molecule has 1 aromatic rings. The summed E-state index contributed by atoms with van der Waals surface area (Å²) < 4.78 is 26.3. The average molecular weight is 277 g/mol. The molecule has 2 atom stereocenters. The Morgan fingerprint density at radius 3 is 2.65 bits per heavy atom. The minimum atomic E-state index is -1.63. The zero-order valence-corrected chi connectivity index (χ0v) is 11.1. The minimum Gasteiger partial charge on any atom is -0.490 e. The van der Waals surface area contributed by atoms with E-state index in [4.69, 9.17) is 24.7 Å². The van der Waals surface area contributed by atoms with E-state index in [9.17, 15) is 4.21 Å². The Kier molecular flexibility index (Phi) is 4.04. The summed E-state index contributed by atoms with van der Waals surface area (Å²) in [6.45, 7) is 4.46. The Hall–Kier alpha value is -0.620. The van der Waals surface area contributed by atoms with Gasteiger partial charge in [0.2, 0.25) is 0 Å². The van der Waals surface area contributed by atoms with Crippen LogP contribution in [0, 0.1) is 13.8 Å². The van der Waals surface area contributed by atoms with Crippen LogP contribution in [0.5, 0.6) is 5.75 Å². The van der Waals surface area contributed by atoms with Crippen molar-refractivity contribution in [2.24, 2.45) is 0 Å². The highest BCUT2D eigenvalue weighted by Gasteiger charge is 2.24. The summed E-state index contributed by atoms with van der Waals surface area (Å²) in [7, 11) is 0. The van der Waals surface area contributed by atoms with Gasteiger partial charge in [-0.15, -0.1) is 0 Å². The lowest BCUT2D eigenvalue weighted by Crippen LogP contribution is -2.20. The van der Waals surface area contributed by atoms with E-state index in [2.05, 4.69) is 0 Å². The van der Waals surface area contributed by atoms with Gasteiger partial charge in [0.15, 0.2) is 0 Å². The maximum absolute atomic E-state index is 10.8. The molecule has 2 rings (SSSR count). The third-order valence-corrected chi connectivity index (χ3v) is 3.38. The molecule has 0 aromatic heterocycles. The molecule has 0 saturated carbocycles. The highest BCUT2D eigenvalue weighted by molar-refractivity contribution is 7.75. The van der Waals surface area contributed by atoms with Gasteiger partial charge in [0.1, 0.15) is 18.5 Å². The van der Waals surface area contributed by atoms with Crippen molar-refractivity contribution in [3.8, 4) is 5.75 Å². The fourth-order valence-electron chi connectivity index (χ4n) is 1.68. The van der Waals surface area contributed by atoms with Crippen LogP contribution < -0.4 is 4.74 Å². The third kappa shape index (κ3) is 3.19. The number of rotatable bonds is 3. The molecule has 0 radical (unpaired) electrons. The molecule has 0 aliphatic carbocycles. The van der Waals surface area contributed by atoms with Gasteiger partial charge < -0.3 is 4.74 Å². The molecular formula is C11H13ClO4S. The molecule has 1 saturated heterocycles. The Bertz CT molecular complexity index is 426. The summed E-state index contributed by atoms with van der Waals surface area (Å²) in [6, 6.07) is 3.68. The molecule has 6 heteroatoms. The Balaban J connectivity index is 2.01. The first-order valence-electron chi connectivity index (χ1n) is 5.18. The van der Waals surface area contributed by atoms with E-state index < -0.39 is 11.4 Å². The Morgan fingerprint density at radius 1 is 1.47 bits per heavy atom. The van der Waals surface area contributed by atoms with Gasteiger partial charge in [-0.25, -0.2) is 0 Å². The fourth-order valence-corrected chi connectivity index (χ4v) is 2.65. The van der Waals surface area contributed by atoms with E-state index in [-0.39, 0.29) is 12.7 Å². The standard InChI is InChI=1S/C11H13ClO4S/c1-7-3-9(12)4-8(2)11(7)14-5-10-6-15-17(13)16-10/h3-4,10H,5-6H2,1-2H3/t10-,17-/m1/s1. The molecule has 1 aliphatic rings. The van der Waals surface area contributed by atoms with Crippen molar-refractivity contribution >= 4 is 23.0 Å². The Morgan fingerprint density at radius 2 is 2.12 bits per heavy atom. The van der Waals surface area contributed by atoms with Crippen LogP contribution in [0.25, 0.3) is 0 Å². The highest BCUT2D eigenvalue weighted by Crippen LogP contribution is 2.27. The zero-order chi connectivity index (χ0) is 12.4. The van der Waals surface area contributed by atoms with Crippen LogP contribution in [0.3, 0.4) is 0 Å². The predicted molar refractivity (Wildman–Crippen MR) is 65.4 cm³/mol. The first kappa shape index (κ1) is 12.8. The van der Waals surface area contributed by atoms with Gasteiger partial charge in [0.05, 0.1) is 6.61 Å². The van der Waals surface area contributed by atoms with Crippen molar-refractivity contribution in [1.82, 2.24) is 0 Å². The highest BCUT2D eigenvalue weighted by atomic mass is 35.5. The average Bonchev–Trinajstić information content (AvgIpc) is 2.62. The number of benzene rings is 1. The van der Waals surface area contributed by atoms with Gasteiger partial charge in [0, 0.05) is 5.02 Å². The van der Waals surface area contributed by atoms with Gasteiger partial charge in [-0.3, -0.25) is 8.37 Å². The van der Waals surface area contributed by atoms with Gasteiger partial charge in [-0.05, 0) is 37.1 Å². The van der Waals surface area contributed by atoms with Crippen LogP contribution in [0.2, 0.25) is 5.02 Å². The first-order chi connectivity index (χ1) is 8.06. The summed E-state index contributed by atoms with van der Waals surface area (Å²) in [5.41, 5.74) is 1.94. The molecule has 0 amide bonds.